The number of ether oxygens (including phenoxy) is 1. The summed E-state index contributed by atoms with van der Waals surface area (Å²) in [5.74, 6) is -0.00536. The number of benzene rings is 1. The largest absolute Gasteiger partial charge is 0.377 e. The number of pyridine rings is 1. The van der Waals surface area contributed by atoms with E-state index >= 15 is 0 Å². The molecule has 21 heavy (non-hydrogen) atoms. The van der Waals surface area contributed by atoms with Gasteiger partial charge in [-0.15, -0.1) is 0 Å². The molecule has 0 aliphatic heterocycles. The SMILES string of the molecule is CCOCc1cccc(NC(=O)CCc2ccccn2)c1. The fraction of sp³-hybridized carbons (Fsp3) is 0.294. The van der Waals surface area contributed by atoms with E-state index in [4.69, 9.17) is 4.74 Å². The minimum absolute atomic E-state index is 0.00536. The Morgan fingerprint density at radius 2 is 2.14 bits per heavy atom. The van der Waals surface area contributed by atoms with E-state index in [2.05, 4.69) is 10.3 Å². The van der Waals surface area contributed by atoms with Crippen molar-refractivity contribution in [3.63, 3.8) is 0 Å². The van der Waals surface area contributed by atoms with Crippen LogP contribution < -0.4 is 5.32 Å². The van der Waals surface area contributed by atoms with Gasteiger partial charge in [-0.05, 0) is 43.2 Å². The van der Waals surface area contributed by atoms with Crippen molar-refractivity contribution in [2.45, 2.75) is 26.4 Å². The molecule has 0 spiro atoms. The summed E-state index contributed by atoms with van der Waals surface area (Å²) >= 11 is 0. The third-order valence-corrected chi connectivity index (χ3v) is 3.02. The second-order valence-electron chi connectivity index (χ2n) is 4.71. The Bertz CT molecular complexity index is 570. The number of amides is 1. The van der Waals surface area contributed by atoms with Crippen molar-refractivity contribution in [1.29, 1.82) is 0 Å². The van der Waals surface area contributed by atoms with Crippen LogP contribution in [0.3, 0.4) is 0 Å². The van der Waals surface area contributed by atoms with Crippen LogP contribution >= 0.6 is 0 Å². The molecule has 2 aromatic rings. The van der Waals surface area contributed by atoms with E-state index in [9.17, 15) is 4.79 Å². The minimum Gasteiger partial charge on any atom is -0.377 e. The molecule has 0 bridgehead atoms. The molecule has 4 heteroatoms. The molecule has 1 heterocycles. The molecule has 0 atom stereocenters. The summed E-state index contributed by atoms with van der Waals surface area (Å²) in [5, 5.41) is 2.91. The Morgan fingerprint density at radius 1 is 1.24 bits per heavy atom. The molecule has 0 saturated heterocycles. The van der Waals surface area contributed by atoms with E-state index < -0.39 is 0 Å². The number of carbonyl (C=O) groups excluding carboxylic acids is 1. The van der Waals surface area contributed by atoms with Gasteiger partial charge in [-0.3, -0.25) is 9.78 Å². The van der Waals surface area contributed by atoms with Crippen LogP contribution in [0.1, 0.15) is 24.6 Å². The van der Waals surface area contributed by atoms with Crippen molar-refractivity contribution >= 4 is 11.6 Å². The van der Waals surface area contributed by atoms with Gasteiger partial charge < -0.3 is 10.1 Å². The number of nitrogens with one attached hydrogen (secondary N) is 1. The maximum Gasteiger partial charge on any atom is 0.224 e. The zero-order valence-electron chi connectivity index (χ0n) is 12.2. The van der Waals surface area contributed by atoms with Gasteiger partial charge in [0.05, 0.1) is 6.61 Å². The molecule has 0 aliphatic rings. The van der Waals surface area contributed by atoms with E-state index in [0.29, 0.717) is 26.1 Å². The molecule has 1 aromatic carbocycles. The van der Waals surface area contributed by atoms with Crippen molar-refractivity contribution in [1.82, 2.24) is 4.98 Å². The number of rotatable bonds is 7. The summed E-state index contributed by atoms with van der Waals surface area (Å²) in [7, 11) is 0. The molecular weight excluding hydrogens is 264 g/mol. The van der Waals surface area contributed by atoms with Crippen LogP contribution in [0.4, 0.5) is 5.69 Å². The third kappa shape index (κ3) is 5.36. The third-order valence-electron chi connectivity index (χ3n) is 3.02. The Hall–Kier alpha value is -2.20. The van der Waals surface area contributed by atoms with Crippen molar-refractivity contribution in [2.75, 3.05) is 11.9 Å². The van der Waals surface area contributed by atoms with Gasteiger partial charge >= 0.3 is 0 Å². The number of hydrogen-bond donors (Lipinski definition) is 1. The average Bonchev–Trinajstić information content (AvgIpc) is 2.52. The second kappa shape index (κ2) is 8.17. The molecule has 1 N–H and O–H groups in total. The van der Waals surface area contributed by atoms with Crippen molar-refractivity contribution < 1.29 is 9.53 Å². The summed E-state index contributed by atoms with van der Waals surface area (Å²) in [4.78, 5) is 16.2. The predicted molar refractivity (Wildman–Crippen MR) is 83.0 cm³/mol. The molecule has 4 nitrogen and oxygen atoms in total. The van der Waals surface area contributed by atoms with Gasteiger partial charge in [-0.25, -0.2) is 0 Å². The van der Waals surface area contributed by atoms with Crippen LogP contribution in [0.5, 0.6) is 0 Å². The summed E-state index contributed by atoms with van der Waals surface area (Å²) < 4.78 is 5.36. The fourth-order valence-corrected chi connectivity index (χ4v) is 1.97. The van der Waals surface area contributed by atoms with E-state index in [1.807, 2.05) is 49.4 Å². The van der Waals surface area contributed by atoms with Crippen LogP contribution in [0.25, 0.3) is 0 Å². The molecule has 0 aliphatic carbocycles. The van der Waals surface area contributed by atoms with Gasteiger partial charge in [0, 0.05) is 30.6 Å². The van der Waals surface area contributed by atoms with Crippen LogP contribution in [-0.2, 0) is 22.6 Å². The molecule has 0 unspecified atom stereocenters. The number of nitrogens with zero attached hydrogens (tertiary/aromatic N) is 1. The fourth-order valence-electron chi connectivity index (χ4n) is 1.97. The molecule has 0 saturated carbocycles. The first kappa shape index (κ1) is 15.2. The van der Waals surface area contributed by atoms with Crippen molar-refractivity contribution in [3.05, 3.63) is 59.9 Å². The molecule has 0 fully saturated rings. The van der Waals surface area contributed by atoms with E-state index in [0.717, 1.165) is 16.9 Å². The van der Waals surface area contributed by atoms with Crippen LogP contribution in [0.2, 0.25) is 0 Å². The monoisotopic (exact) mass is 284 g/mol. The van der Waals surface area contributed by atoms with Gasteiger partial charge in [0.1, 0.15) is 0 Å². The summed E-state index contributed by atoms with van der Waals surface area (Å²) in [6.07, 6.45) is 2.81. The first-order valence-corrected chi connectivity index (χ1v) is 7.14. The molecule has 2 rings (SSSR count). The smallest absolute Gasteiger partial charge is 0.224 e. The topological polar surface area (TPSA) is 51.2 Å². The maximum absolute atomic E-state index is 11.9. The Balaban J connectivity index is 1.84. The highest BCUT2D eigenvalue weighted by Crippen LogP contribution is 2.12. The number of anilines is 1. The summed E-state index contributed by atoms with van der Waals surface area (Å²) in [5.41, 5.74) is 2.79. The first-order valence-electron chi connectivity index (χ1n) is 7.14. The average molecular weight is 284 g/mol. The number of aryl methyl sites for hydroxylation is 1. The van der Waals surface area contributed by atoms with E-state index in [1.165, 1.54) is 0 Å². The van der Waals surface area contributed by atoms with Gasteiger partial charge in [-0.2, -0.15) is 0 Å². The minimum atomic E-state index is -0.00536. The van der Waals surface area contributed by atoms with E-state index in [1.54, 1.807) is 6.20 Å². The Labute approximate surface area is 125 Å². The zero-order chi connectivity index (χ0) is 14.9. The lowest BCUT2D eigenvalue weighted by molar-refractivity contribution is -0.116. The number of aromatic nitrogens is 1. The lowest BCUT2D eigenvalue weighted by Gasteiger charge is -2.07. The second-order valence-corrected chi connectivity index (χ2v) is 4.71. The van der Waals surface area contributed by atoms with E-state index in [-0.39, 0.29) is 5.91 Å². The van der Waals surface area contributed by atoms with Gasteiger partial charge in [0.15, 0.2) is 0 Å². The highest BCUT2D eigenvalue weighted by Gasteiger charge is 2.04. The highest BCUT2D eigenvalue weighted by atomic mass is 16.5. The number of hydrogen-bond acceptors (Lipinski definition) is 3. The van der Waals surface area contributed by atoms with Gasteiger partial charge in [-0.1, -0.05) is 18.2 Å². The Kier molecular flexibility index (Phi) is 5.91. The summed E-state index contributed by atoms with van der Waals surface area (Å²) in [6, 6.07) is 13.4. The molecule has 1 amide bonds. The van der Waals surface area contributed by atoms with Crippen molar-refractivity contribution in [2.24, 2.45) is 0 Å². The first-order chi connectivity index (χ1) is 10.3. The maximum atomic E-state index is 11.9. The molecule has 110 valence electrons. The summed E-state index contributed by atoms with van der Waals surface area (Å²) in [6.45, 7) is 3.21. The lowest BCUT2D eigenvalue weighted by Crippen LogP contribution is -2.12. The lowest BCUT2D eigenvalue weighted by atomic mass is 10.2. The van der Waals surface area contributed by atoms with Gasteiger partial charge in [0.25, 0.3) is 0 Å². The zero-order valence-corrected chi connectivity index (χ0v) is 12.2. The number of carbonyl (C=O) groups is 1. The highest BCUT2D eigenvalue weighted by molar-refractivity contribution is 5.90. The molecule has 0 radical (unpaired) electrons. The Morgan fingerprint density at radius 3 is 2.90 bits per heavy atom. The van der Waals surface area contributed by atoms with Crippen LogP contribution in [0.15, 0.2) is 48.7 Å². The predicted octanol–water partition coefficient (Wildman–Crippen LogP) is 3.19. The van der Waals surface area contributed by atoms with Crippen LogP contribution in [0, 0.1) is 0 Å². The molecular formula is C17H20N2O2. The van der Waals surface area contributed by atoms with Gasteiger partial charge in [0.2, 0.25) is 5.91 Å². The normalized spacial score (nSPS) is 10.3. The molecule has 1 aromatic heterocycles. The van der Waals surface area contributed by atoms with Crippen molar-refractivity contribution in [3.8, 4) is 0 Å². The van der Waals surface area contributed by atoms with Crippen LogP contribution in [-0.4, -0.2) is 17.5 Å². The standard InChI is InChI=1S/C17H20N2O2/c1-2-21-13-14-6-5-8-16(12-14)19-17(20)10-9-15-7-3-4-11-18-15/h3-8,11-12H,2,9-10,13H2,1H3,(H,19,20). The quantitative estimate of drug-likeness (QED) is 0.849.